The van der Waals surface area contributed by atoms with Gasteiger partial charge < -0.3 is 19.7 Å². The molecule has 0 aliphatic heterocycles. The van der Waals surface area contributed by atoms with Crippen molar-refractivity contribution in [2.45, 2.75) is 39.5 Å². The number of benzene rings is 2. The van der Waals surface area contributed by atoms with Crippen LogP contribution in [0.1, 0.15) is 50.7 Å². The van der Waals surface area contributed by atoms with Crippen LogP contribution in [0, 0.1) is 0 Å². The van der Waals surface area contributed by atoms with Crippen LogP contribution in [0.5, 0.6) is 23.0 Å². The Morgan fingerprint density at radius 1 is 0.733 bits per heavy atom. The first-order valence-corrected chi connectivity index (χ1v) is 10.5. The number of hydrogen-bond donors (Lipinski definition) is 2. The highest BCUT2D eigenvalue weighted by atomic mass is 16.5. The van der Waals surface area contributed by atoms with Gasteiger partial charge in [-0.3, -0.25) is 9.98 Å². The number of phenolic OH excluding ortho intramolecular Hbond substituents is 2. The maximum atomic E-state index is 9.98. The van der Waals surface area contributed by atoms with Crippen molar-refractivity contribution in [1.82, 2.24) is 0 Å². The van der Waals surface area contributed by atoms with Gasteiger partial charge in [0.25, 0.3) is 0 Å². The number of aliphatic imine (C=N–C) groups is 2. The minimum atomic E-state index is 0.162. The molecule has 2 aromatic rings. The van der Waals surface area contributed by atoms with Crippen molar-refractivity contribution in [2.24, 2.45) is 9.98 Å². The molecule has 6 heteroatoms. The highest BCUT2D eigenvalue weighted by Gasteiger charge is 2.03. The van der Waals surface area contributed by atoms with Crippen molar-refractivity contribution >= 4 is 12.4 Å². The topological polar surface area (TPSA) is 83.6 Å². The molecule has 0 spiro atoms. The van der Waals surface area contributed by atoms with Gasteiger partial charge in [-0.2, -0.15) is 0 Å². The maximum Gasteiger partial charge on any atom is 0.124 e. The van der Waals surface area contributed by atoms with Gasteiger partial charge in [0.15, 0.2) is 0 Å². The smallest absolute Gasteiger partial charge is 0.124 e. The number of nitrogens with zero attached hydrogens (tertiary/aromatic N) is 2. The van der Waals surface area contributed by atoms with Gasteiger partial charge in [0.1, 0.15) is 23.0 Å². The fourth-order valence-corrected chi connectivity index (χ4v) is 2.56. The Hall–Kier alpha value is -3.02. The molecule has 0 fully saturated rings. The summed E-state index contributed by atoms with van der Waals surface area (Å²) >= 11 is 0. The van der Waals surface area contributed by atoms with E-state index in [1.54, 1.807) is 48.8 Å². The third kappa shape index (κ3) is 8.15. The molecule has 6 nitrogen and oxygen atoms in total. The molecule has 0 heterocycles. The zero-order chi connectivity index (χ0) is 21.6. The first-order chi connectivity index (χ1) is 14.6. The van der Waals surface area contributed by atoms with Crippen LogP contribution in [-0.4, -0.2) is 48.9 Å². The van der Waals surface area contributed by atoms with E-state index in [0.717, 1.165) is 37.2 Å². The van der Waals surface area contributed by atoms with Gasteiger partial charge in [-0.1, -0.05) is 26.7 Å². The number of unbranched alkanes of at least 4 members (excludes halogenated alkanes) is 2. The van der Waals surface area contributed by atoms with Gasteiger partial charge in [-0.25, -0.2) is 0 Å². The van der Waals surface area contributed by atoms with E-state index in [9.17, 15) is 10.2 Å². The molecule has 2 N–H and O–H groups in total. The highest BCUT2D eigenvalue weighted by Crippen LogP contribution is 2.22. The fraction of sp³-hybridized carbons (Fsp3) is 0.417. The molecule has 0 saturated carbocycles. The summed E-state index contributed by atoms with van der Waals surface area (Å²) in [4.78, 5) is 8.64. The predicted molar refractivity (Wildman–Crippen MR) is 122 cm³/mol. The molecule has 0 radical (unpaired) electrons. The summed E-state index contributed by atoms with van der Waals surface area (Å²) in [5.74, 6) is 1.76. The molecule has 30 heavy (non-hydrogen) atoms. The number of phenols is 2. The van der Waals surface area contributed by atoms with E-state index in [1.165, 1.54) is 0 Å². The van der Waals surface area contributed by atoms with Crippen molar-refractivity contribution in [2.75, 3.05) is 26.3 Å². The van der Waals surface area contributed by atoms with Crippen LogP contribution in [0.3, 0.4) is 0 Å². The number of ether oxygens (including phenoxy) is 2. The van der Waals surface area contributed by atoms with E-state index in [4.69, 9.17) is 9.47 Å². The average Bonchev–Trinajstić information content (AvgIpc) is 2.74. The SMILES string of the molecule is CCCCOc1ccc(O)c(C=NCCN=Cc2cc(OCCCC)ccc2O)c1. The van der Waals surface area contributed by atoms with E-state index in [-0.39, 0.29) is 11.5 Å². The van der Waals surface area contributed by atoms with Gasteiger partial charge >= 0.3 is 0 Å². The van der Waals surface area contributed by atoms with Crippen LogP contribution in [0.15, 0.2) is 46.4 Å². The van der Waals surface area contributed by atoms with Crippen molar-refractivity contribution < 1.29 is 19.7 Å². The van der Waals surface area contributed by atoms with E-state index in [0.29, 0.717) is 37.4 Å². The first kappa shape index (κ1) is 23.3. The van der Waals surface area contributed by atoms with Crippen molar-refractivity contribution in [3.63, 3.8) is 0 Å². The standard InChI is InChI=1S/C24H32N2O4/c1-3-5-13-29-21-7-9-23(27)19(15-21)17-25-11-12-26-18-20-16-22(8-10-24(20)28)30-14-6-4-2/h7-10,15-18,27-28H,3-6,11-14H2,1-2H3. The van der Waals surface area contributed by atoms with Crippen LogP contribution in [0.25, 0.3) is 0 Å². The van der Waals surface area contributed by atoms with E-state index < -0.39 is 0 Å². The van der Waals surface area contributed by atoms with Gasteiger partial charge in [-0.15, -0.1) is 0 Å². The van der Waals surface area contributed by atoms with Crippen LogP contribution < -0.4 is 9.47 Å². The second-order valence-electron chi connectivity index (χ2n) is 6.92. The molecule has 0 aromatic heterocycles. The Balaban J connectivity index is 1.85. The molecule has 0 aliphatic rings. The molecule has 0 aliphatic carbocycles. The normalized spacial score (nSPS) is 11.4. The summed E-state index contributed by atoms with van der Waals surface area (Å²) in [6, 6.07) is 10.3. The summed E-state index contributed by atoms with van der Waals surface area (Å²) in [6.07, 6.45) is 7.37. The zero-order valence-corrected chi connectivity index (χ0v) is 17.9. The summed E-state index contributed by atoms with van der Waals surface area (Å²) in [5, 5.41) is 20.0. The maximum absolute atomic E-state index is 9.98. The molecule has 0 unspecified atom stereocenters. The van der Waals surface area contributed by atoms with Crippen LogP contribution in [0.2, 0.25) is 0 Å². The summed E-state index contributed by atoms with van der Waals surface area (Å²) in [7, 11) is 0. The van der Waals surface area contributed by atoms with Crippen LogP contribution in [-0.2, 0) is 0 Å². The Bertz CT molecular complexity index is 764. The lowest BCUT2D eigenvalue weighted by Crippen LogP contribution is -1.98. The number of rotatable bonds is 13. The second kappa shape index (κ2) is 13.2. The molecular formula is C24H32N2O4. The van der Waals surface area contributed by atoms with E-state index in [2.05, 4.69) is 23.8 Å². The van der Waals surface area contributed by atoms with Gasteiger partial charge in [0, 0.05) is 23.6 Å². The molecule has 0 atom stereocenters. The minimum absolute atomic E-state index is 0.162. The first-order valence-electron chi connectivity index (χ1n) is 10.5. The van der Waals surface area contributed by atoms with Crippen molar-refractivity contribution in [1.29, 1.82) is 0 Å². The number of aromatic hydroxyl groups is 2. The minimum Gasteiger partial charge on any atom is -0.507 e. The summed E-state index contributed by atoms with van der Waals surface area (Å²) in [5.41, 5.74) is 1.23. The fourth-order valence-electron chi connectivity index (χ4n) is 2.56. The highest BCUT2D eigenvalue weighted by molar-refractivity contribution is 5.84. The largest absolute Gasteiger partial charge is 0.507 e. The summed E-state index contributed by atoms with van der Waals surface area (Å²) in [6.45, 7) is 6.46. The zero-order valence-electron chi connectivity index (χ0n) is 17.9. The molecule has 2 aromatic carbocycles. The monoisotopic (exact) mass is 412 g/mol. The lowest BCUT2D eigenvalue weighted by Gasteiger charge is -2.07. The lowest BCUT2D eigenvalue weighted by molar-refractivity contribution is 0.308. The Kier molecular flexibility index (Phi) is 10.3. The Morgan fingerprint density at radius 3 is 1.57 bits per heavy atom. The molecule has 0 amide bonds. The lowest BCUT2D eigenvalue weighted by atomic mass is 10.2. The van der Waals surface area contributed by atoms with Crippen molar-refractivity contribution in [3.8, 4) is 23.0 Å². The van der Waals surface area contributed by atoms with Gasteiger partial charge in [0.2, 0.25) is 0 Å². The molecule has 2 rings (SSSR count). The van der Waals surface area contributed by atoms with Crippen LogP contribution >= 0.6 is 0 Å². The number of hydrogen-bond acceptors (Lipinski definition) is 6. The van der Waals surface area contributed by atoms with E-state index in [1.807, 2.05) is 0 Å². The predicted octanol–water partition coefficient (Wildman–Crippen LogP) is 4.99. The third-order valence-electron chi connectivity index (χ3n) is 4.35. The molecule has 162 valence electrons. The van der Waals surface area contributed by atoms with Gasteiger partial charge in [-0.05, 0) is 49.2 Å². The summed E-state index contributed by atoms with van der Waals surface area (Å²) < 4.78 is 11.3. The third-order valence-corrected chi connectivity index (χ3v) is 4.35. The van der Waals surface area contributed by atoms with E-state index >= 15 is 0 Å². The van der Waals surface area contributed by atoms with Crippen LogP contribution in [0.4, 0.5) is 0 Å². The van der Waals surface area contributed by atoms with Gasteiger partial charge in [0.05, 0.1) is 26.3 Å². The molecule has 0 bridgehead atoms. The Labute approximate surface area is 178 Å². The quantitative estimate of drug-likeness (QED) is 0.358. The average molecular weight is 413 g/mol. The second-order valence-corrected chi connectivity index (χ2v) is 6.92. The molecule has 0 saturated heterocycles. The molecular weight excluding hydrogens is 380 g/mol. The Morgan fingerprint density at radius 2 is 1.17 bits per heavy atom. The van der Waals surface area contributed by atoms with Crippen molar-refractivity contribution in [3.05, 3.63) is 47.5 Å².